The van der Waals surface area contributed by atoms with Crippen LogP contribution in [0.3, 0.4) is 0 Å². The molecule has 3 rings (SSSR count). The number of piperidine rings is 1. The minimum absolute atomic E-state index is 0.0642. The van der Waals surface area contributed by atoms with Crippen molar-refractivity contribution in [2.45, 2.75) is 58.5 Å². The first-order valence-electron chi connectivity index (χ1n) is 9.13. The molecule has 8 heteroatoms. The molecular formula is C16H28N6O2. The third kappa shape index (κ3) is 4.73. The third-order valence-electron chi connectivity index (χ3n) is 4.89. The Labute approximate surface area is 143 Å². The Morgan fingerprint density at radius 2 is 2.08 bits per heavy atom. The lowest BCUT2D eigenvalue weighted by molar-refractivity contribution is -0.197. The molecular weight excluding hydrogens is 308 g/mol. The molecule has 8 nitrogen and oxygen atoms in total. The molecule has 2 aliphatic heterocycles. The molecule has 0 radical (unpaired) electrons. The van der Waals surface area contributed by atoms with Crippen LogP contribution in [0.15, 0.2) is 0 Å². The van der Waals surface area contributed by atoms with Gasteiger partial charge in [0.05, 0.1) is 13.2 Å². The second-order valence-electron chi connectivity index (χ2n) is 6.92. The minimum Gasteiger partial charge on any atom is -0.296 e. The normalized spacial score (nSPS) is 20.5. The van der Waals surface area contributed by atoms with Crippen LogP contribution in [0.2, 0.25) is 0 Å². The summed E-state index contributed by atoms with van der Waals surface area (Å²) < 4.78 is 1.84. The molecule has 1 aromatic rings. The Morgan fingerprint density at radius 1 is 1.25 bits per heavy atom. The Morgan fingerprint density at radius 3 is 2.83 bits per heavy atom. The van der Waals surface area contributed by atoms with Gasteiger partial charge in [-0.3, -0.25) is 14.5 Å². The first kappa shape index (κ1) is 17.3. The lowest BCUT2D eigenvalue weighted by Gasteiger charge is -2.29. The zero-order valence-electron chi connectivity index (χ0n) is 14.6. The minimum atomic E-state index is 0.0642. The Kier molecular flexibility index (Phi) is 6.14. The SMILES string of the molecule is CC1CCN(Cc2nnnn2CCCC(=O)N2CCCCO2)CC1. The fraction of sp³-hybridized carbons (Fsp3) is 0.875. The number of aryl methyl sites for hydroxylation is 1. The van der Waals surface area contributed by atoms with Crippen LogP contribution in [0.5, 0.6) is 0 Å². The number of hydrogen-bond acceptors (Lipinski definition) is 6. The van der Waals surface area contributed by atoms with E-state index in [1.165, 1.54) is 17.9 Å². The summed E-state index contributed by atoms with van der Waals surface area (Å²) in [6.07, 6.45) is 5.75. The van der Waals surface area contributed by atoms with E-state index in [0.717, 1.165) is 50.6 Å². The zero-order valence-corrected chi connectivity index (χ0v) is 14.6. The van der Waals surface area contributed by atoms with E-state index in [0.29, 0.717) is 26.1 Å². The number of aromatic nitrogens is 4. The van der Waals surface area contributed by atoms with Crippen molar-refractivity contribution in [1.29, 1.82) is 0 Å². The van der Waals surface area contributed by atoms with Gasteiger partial charge in [-0.1, -0.05) is 6.92 Å². The average Bonchev–Trinajstić information content (AvgIpc) is 3.05. The number of amides is 1. The molecule has 0 aromatic carbocycles. The fourth-order valence-corrected chi connectivity index (χ4v) is 3.23. The van der Waals surface area contributed by atoms with Gasteiger partial charge in [-0.2, -0.15) is 0 Å². The van der Waals surface area contributed by atoms with E-state index in [1.807, 2.05) is 4.68 Å². The summed E-state index contributed by atoms with van der Waals surface area (Å²) in [5.74, 6) is 1.78. The Bertz CT molecular complexity index is 520. The number of hydroxylamine groups is 2. The second-order valence-corrected chi connectivity index (χ2v) is 6.92. The number of carbonyl (C=O) groups excluding carboxylic acids is 1. The summed E-state index contributed by atoms with van der Waals surface area (Å²) in [4.78, 5) is 19.9. The van der Waals surface area contributed by atoms with E-state index in [4.69, 9.17) is 4.84 Å². The van der Waals surface area contributed by atoms with Crippen LogP contribution in [0.1, 0.15) is 51.3 Å². The number of carbonyl (C=O) groups is 1. The van der Waals surface area contributed by atoms with Crippen molar-refractivity contribution in [3.8, 4) is 0 Å². The van der Waals surface area contributed by atoms with Crippen molar-refractivity contribution in [1.82, 2.24) is 30.2 Å². The average molecular weight is 336 g/mol. The molecule has 0 bridgehead atoms. The maximum atomic E-state index is 12.1. The lowest BCUT2D eigenvalue weighted by atomic mass is 9.99. The number of likely N-dealkylation sites (tertiary alicyclic amines) is 1. The number of hydrogen-bond donors (Lipinski definition) is 0. The molecule has 24 heavy (non-hydrogen) atoms. The van der Waals surface area contributed by atoms with Crippen molar-refractivity contribution in [2.75, 3.05) is 26.2 Å². The van der Waals surface area contributed by atoms with Crippen LogP contribution >= 0.6 is 0 Å². The smallest absolute Gasteiger partial charge is 0.246 e. The highest BCUT2D eigenvalue weighted by Gasteiger charge is 2.19. The summed E-state index contributed by atoms with van der Waals surface area (Å²) in [5.41, 5.74) is 0. The van der Waals surface area contributed by atoms with Crippen molar-refractivity contribution >= 4 is 5.91 Å². The first-order chi connectivity index (χ1) is 11.7. The van der Waals surface area contributed by atoms with Crippen LogP contribution in [0.4, 0.5) is 0 Å². The van der Waals surface area contributed by atoms with Crippen molar-refractivity contribution < 1.29 is 9.63 Å². The van der Waals surface area contributed by atoms with Crippen LogP contribution in [0, 0.1) is 5.92 Å². The highest BCUT2D eigenvalue weighted by Crippen LogP contribution is 2.17. The van der Waals surface area contributed by atoms with Crippen molar-refractivity contribution in [3.63, 3.8) is 0 Å². The lowest BCUT2D eigenvalue weighted by Crippen LogP contribution is -2.35. The number of nitrogens with zero attached hydrogens (tertiary/aromatic N) is 6. The largest absolute Gasteiger partial charge is 0.296 e. The van der Waals surface area contributed by atoms with E-state index in [-0.39, 0.29) is 5.91 Å². The molecule has 3 heterocycles. The van der Waals surface area contributed by atoms with Gasteiger partial charge in [0.1, 0.15) is 0 Å². The van der Waals surface area contributed by atoms with Crippen molar-refractivity contribution in [3.05, 3.63) is 5.82 Å². The highest BCUT2D eigenvalue weighted by molar-refractivity contribution is 5.75. The molecule has 0 aliphatic carbocycles. The Hall–Kier alpha value is -1.54. The molecule has 0 atom stereocenters. The van der Waals surface area contributed by atoms with Gasteiger partial charge in [-0.25, -0.2) is 9.75 Å². The molecule has 0 saturated carbocycles. The van der Waals surface area contributed by atoms with Gasteiger partial charge in [-0.05, 0) is 61.5 Å². The first-order valence-corrected chi connectivity index (χ1v) is 9.13. The molecule has 1 aromatic heterocycles. The van der Waals surface area contributed by atoms with Gasteiger partial charge in [0.2, 0.25) is 5.91 Å². The van der Waals surface area contributed by atoms with Gasteiger partial charge in [0, 0.05) is 19.5 Å². The third-order valence-corrected chi connectivity index (χ3v) is 4.89. The fourth-order valence-electron chi connectivity index (χ4n) is 3.23. The molecule has 2 fully saturated rings. The van der Waals surface area contributed by atoms with E-state index < -0.39 is 0 Å². The quantitative estimate of drug-likeness (QED) is 0.778. The summed E-state index contributed by atoms with van der Waals surface area (Å²) in [6.45, 7) is 7.36. The standard InChI is InChI=1S/C16H28N6O2/c1-14-6-10-20(11-7-14)13-15-17-18-19-21(15)8-4-5-16(23)22-9-2-3-12-24-22/h14H,2-13H2,1H3. The van der Waals surface area contributed by atoms with E-state index in [9.17, 15) is 4.79 Å². The van der Waals surface area contributed by atoms with Gasteiger partial charge in [0.15, 0.2) is 5.82 Å². The van der Waals surface area contributed by atoms with Gasteiger partial charge in [0.25, 0.3) is 0 Å². The number of tetrazole rings is 1. The number of rotatable bonds is 6. The topological polar surface area (TPSA) is 76.4 Å². The highest BCUT2D eigenvalue weighted by atomic mass is 16.7. The van der Waals surface area contributed by atoms with Crippen molar-refractivity contribution in [2.24, 2.45) is 5.92 Å². The van der Waals surface area contributed by atoms with Crippen LogP contribution in [0.25, 0.3) is 0 Å². The molecule has 2 saturated heterocycles. The van der Waals surface area contributed by atoms with Crippen LogP contribution in [-0.2, 0) is 22.7 Å². The molecule has 2 aliphatic rings. The summed E-state index contributed by atoms with van der Waals surface area (Å²) in [7, 11) is 0. The maximum Gasteiger partial charge on any atom is 0.246 e. The zero-order chi connectivity index (χ0) is 16.8. The Balaban J connectivity index is 1.42. The summed E-state index contributed by atoms with van der Waals surface area (Å²) in [5, 5.41) is 13.6. The van der Waals surface area contributed by atoms with Crippen LogP contribution < -0.4 is 0 Å². The maximum absolute atomic E-state index is 12.1. The predicted octanol–water partition coefficient (Wildman–Crippen LogP) is 1.24. The monoisotopic (exact) mass is 336 g/mol. The molecule has 134 valence electrons. The molecule has 0 unspecified atom stereocenters. The van der Waals surface area contributed by atoms with Gasteiger partial charge in [-0.15, -0.1) is 5.10 Å². The van der Waals surface area contributed by atoms with E-state index in [2.05, 4.69) is 27.3 Å². The second kappa shape index (κ2) is 8.53. The van der Waals surface area contributed by atoms with E-state index in [1.54, 1.807) is 0 Å². The predicted molar refractivity (Wildman–Crippen MR) is 87.6 cm³/mol. The molecule has 1 amide bonds. The summed E-state index contributed by atoms with van der Waals surface area (Å²) >= 11 is 0. The molecule has 0 spiro atoms. The van der Waals surface area contributed by atoms with Crippen LogP contribution in [-0.4, -0.2) is 62.3 Å². The van der Waals surface area contributed by atoms with Gasteiger partial charge < -0.3 is 0 Å². The molecule has 0 N–H and O–H groups in total. The van der Waals surface area contributed by atoms with E-state index >= 15 is 0 Å². The summed E-state index contributed by atoms with van der Waals surface area (Å²) in [6, 6.07) is 0. The van der Waals surface area contributed by atoms with Gasteiger partial charge >= 0.3 is 0 Å².